The summed E-state index contributed by atoms with van der Waals surface area (Å²) in [4.78, 5) is 10.9. The number of alkyl halides is 2. The molecule has 0 heterocycles. The van der Waals surface area contributed by atoms with Crippen molar-refractivity contribution in [3.63, 3.8) is 0 Å². The Kier molecular flexibility index (Phi) is 1.89. The van der Waals surface area contributed by atoms with Crippen LogP contribution in [0, 0.1) is 0 Å². The number of carboxylic acid groups (broad SMARTS) is 1. The molecule has 0 spiro atoms. The van der Waals surface area contributed by atoms with E-state index in [1.807, 2.05) is 0 Å². The van der Waals surface area contributed by atoms with Gasteiger partial charge in [-0.25, -0.2) is 8.78 Å². The van der Waals surface area contributed by atoms with E-state index in [-0.39, 0.29) is 0 Å². The molecule has 6 heteroatoms. The van der Waals surface area contributed by atoms with Crippen LogP contribution < -0.4 is 0 Å². The summed E-state index contributed by atoms with van der Waals surface area (Å²) in [6.45, 7) is 0. The molecule has 0 aromatic heterocycles. The third kappa shape index (κ3) is 1.09. The van der Waals surface area contributed by atoms with Gasteiger partial charge in [-0.2, -0.15) is 0 Å². The SMILES string of the molecule is O=C(O)C1(c2cccc(O)c2O)CC1(F)F. The van der Waals surface area contributed by atoms with Crippen LogP contribution in [-0.4, -0.2) is 27.2 Å². The van der Waals surface area contributed by atoms with E-state index >= 15 is 0 Å². The average Bonchev–Trinajstić information content (AvgIpc) is 2.75. The number of benzene rings is 1. The van der Waals surface area contributed by atoms with Crippen molar-refractivity contribution in [2.75, 3.05) is 0 Å². The quantitative estimate of drug-likeness (QED) is 0.672. The van der Waals surface area contributed by atoms with Gasteiger partial charge in [-0.05, 0) is 6.07 Å². The van der Waals surface area contributed by atoms with Crippen LogP contribution in [0.1, 0.15) is 12.0 Å². The van der Waals surface area contributed by atoms with Gasteiger partial charge in [-0.1, -0.05) is 12.1 Å². The molecule has 0 aliphatic heterocycles. The Labute approximate surface area is 88.8 Å². The smallest absolute Gasteiger partial charge is 0.320 e. The maximum Gasteiger partial charge on any atom is 0.320 e. The summed E-state index contributed by atoms with van der Waals surface area (Å²) >= 11 is 0. The maximum absolute atomic E-state index is 13.1. The third-order valence-electron chi connectivity index (χ3n) is 2.83. The van der Waals surface area contributed by atoms with Gasteiger partial charge in [0.05, 0.1) is 0 Å². The Balaban J connectivity index is 2.60. The second-order valence-electron chi connectivity index (χ2n) is 3.77. The van der Waals surface area contributed by atoms with E-state index in [4.69, 9.17) is 10.2 Å². The fourth-order valence-corrected chi connectivity index (χ4v) is 1.80. The molecule has 1 fully saturated rings. The minimum absolute atomic E-state index is 0.454. The highest BCUT2D eigenvalue weighted by Crippen LogP contribution is 2.63. The normalized spacial score (nSPS) is 26.4. The molecule has 4 nitrogen and oxygen atoms in total. The molecule has 3 N–H and O–H groups in total. The largest absolute Gasteiger partial charge is 0.504 e. The third-order valence-corrected chi connectivity index (χ3v) is 2.83. The second kappa shape index (κ2) is 2.84. The summed E-state index contributed by atoms with van der Waals surface area (Å²) in [6, 6.07) is 3.38. The van der Waals surface area contributed by atoms with Crippen molar-refractivity contribution < 1.29 is 28.9 Å². The highest BCUT2D eigenvalue weighted by atomic mass is 19.3. The van der Waals surface area contributed by atoms with E-state index in [1.165, 1.54) is 6.07 Å². The Morgan fingerprint density at radius 2 is 1.88 bits per heavy atom. The minimum Gasteiger partial charge on any atom is -0.504 e. The van der Waals surface area contributed by atoms with Crippen molar-refractivity contribution in [3.05, 3.63) is 23.8 Å². The van der Waals surface area contributed by atoms with Crippen molar-refractivity contribution in [3.8, 4) is 11.5 Å². The van der Waals surface area contributed by atoms with E-state index < -0.39 is 40.8 Å². The lowest BCUT2D eigenvalue weighted by Gasteiger charge is -2.13. The molecule has 0 bridgehead atoms. The molecule has 1 saturated carbocycles. The van der Waals surface area contributed by atoms with Crippen LogP contribution in [-0.2, 0) is 10.2 Å². The van der Waals surface area contributed by atoms with Crippen molar-refractivity contribution in [1.29, 1.82) is 0 Å². The predicted octanol–water partition coefficient (Wildman–Crippen LogP) is 1.46. The molecule has 16 heavy (non-hydrogen) atoms. The van der Waals surface area contributed by atoms with Gasteiger partial charge >= 0.3 is 5.97 Å². The number of para-hydroxylation sites is 1. The maximum atomic E-state index is 13.1. The van der Waals surface area contributed by atoms with Gasteiger partial charge in [0.2, 0.25) is 0 Å². The first-order valence-electron chi connectivity index (χ1n) is 4.45. The number of aromatic hydroxyl groups is 2. The summed E-state index contributed by atoms with van der Waals surface area (Å²) in [5.41, 5.74) is -2.86. The number of hydrogen-bond acceptors (Lipinski definition) is 3. The van der Waals surface area contributed by atoms with Crippen molar-refractivity contribution in [1.82, 2.24) is 0 Å². The molecule has 1 aliphatic rings. The van der Waals surface area contributed by atoms with Gasteiger partial charge in [0.15, 0.2) is 16.9 Å². The van der Waals surface area contributed by atoms with Gasteiger partial charge in [-0.15, -0.1) is 0 Å². The summed E-state index contributed by atoms with van der Waals surface area (Å²) in [5, 5.41) is 27.4. The number of hydrogen-bond donors (Lipinski definition) is 3. The van der Waals surface area contributed by atoms with E-state index in [2.05, 4.69) is 0 Å². The first-order valence-corrected chi connectivity index (χ1v) is 4.45. The van der Waals surface area contributed by atoms with Crippen LogP contribution >= 0.6 is 0 Å². The molecule has 1 aromatic carbocycles. The zero-order chi connectivity index (χ0) is 12.1. The summed E-state index contributed by atoms with van der Waals surface area (Å²) in [7, 11) is 0. The van der Waals surface area contributed by atoms with Crippen molar-refractivity contribution >= 4 is 5.97 Å². The number of rotatable bonds is 2. The molecule has 0 radical (unpaired) electrons. The fourth-order valence-electron chi connectivity index (χ4n) is 1.80. The van der Waals surface area contributed by atoms with Crippen molar-refractivity contribution in [2.24, 2.45) is 0 Å². The van der Waals surface area contributed by atoms with Gasteiger partial charge in [0, 0.05) is 12.0 Å². The second-order valence-corrected chi connectivity index (χ2v) is 3.77. The number of carboxylic acids is 1. The van der Waals surface area contributed by atoms with Gasteiger partial charge in [0.1, 0.15) is 0 Å². The van der Waals surface area contributed by atoms with Crippen LogP contribution in [0.15, 0.2) is 18.2 Å². The topological polar surface area (TPSA) is 77.8 Å². The Morgan fingerprint density at radius 3 is 2.31 bits per heavy atom. The number of phenols is 2. The Bertz CT molecular complexity index is 472. The monoisotopic (exact) mass is 230 g/mol. The lowest BCUT2D eigenvalue weighted by atomic mass is 9.94. The summed E-state index contributed by atoms with van der Waals surface area (Å²) < 4.78 is 26.3. The lowest BCUT2D eigenvalue weighted by molar-refractivity contribution is -0.143. The van der Waals surface area contributed by atoms with Gasteiger partial charge < -0.3 is 15.3 Å². The number of halogens is 2. The summed E-state index contributed by atoms with van der Waals surface area (Å²) in [5.74, 6) is -6.52. The van der Waals surface area contributed by atoms with Gasteiger partial charge in [-0.3, -0.25) is 4.79 Å². The van der Waals surface area contributed by atoms with Crippen LogP contribution in [0.25, 0.3) is 0 Å². The molecule has 0 amide bonds. The molecule has 86 valence electrons. The zero-order valence-electron chi connectivity index (χ0n) is 7.94. The van der Waals surface area contributed by atoms with Gasteiger partial charge in [0.25, 0.3) is 5.92 Å². The predicted molar refractivity (Wildman–Crippen MR) is 48.6 cm³/mol. The van der Waals surface area contributed by atoms with E-state index in [0.29, 0.717) is 0 Å². The Hall–Kier alpha value is -1.85. The van der Waals surface area contributed by atoms with Crippen LogP contribution in [0.5, 0.6) is 11.5 Å². The number of phenolic OH excluding ortho intramolecular Hbond substituents is 2. The molecule has 0 saturated heterocycles. The van der Waals surface area contributed by atoms with Crippen LogP contribution in [0.2, 0.25) is 0 Å². The molecule has 1 aromatic rings. The molecule has 2 rings (SSSR count). The van der Waals surface area contributed by atoms with Crippen LogP contribution in [0.4, 0.5) is 8.78 Å². The van der Waals surface area contributed by atoms with E-state index in [1.54, 1.807) is 0 Å². The lowest BCUT2D eigenvalue weighted by Crippen LogP contribution is -2.27. The summed E-state index contributed by atoms with van der Waals surface area (Å²) in [6.07, 6.45) is -0.869. The molecular formula is C10H8F2O4. The molecule has 1 aliphatic carbocycles. The van der Waals surface area contributed by atoms with Crippen molar-refractivity contribution in [2.45, 2.75) is 17.8 Å². The minimum atomic E-state index is -3.40. The highest BCUT2D eigenvalue weighted by Gasteiger charge is 2.78. The fraction of sp³-hybridized carbons (Fsp3) is 0.300. The first kappa shape index (κ1) is 10.7. The standard InChI is InChI=1S/C10H8F2O4/c11-10(12)4-9(10,8(15)16)5-2-1-3-6(13)7(5)14/h1-3,13-14H,4H2,(H,15,16). The zero-order valence-corrected chi connectivity index (χ0v) is 7.94. The van der Waals surface area contributed by atoms with E-state index in [0.717, 1.165) is 12.1 Å². The first-order chi connectivity index (χ1) is 7.33. The molecule has 1 unspecified atom stereocenters. The number of carbonyl (C=O) groups is 1. The van der Waals surface area contributed by atoms with Crippen LogP contribution in [0.3, 0.4) is 0 Å². The number of aliphatic carboxylic acids is 1. The Morgan fingerprint density at radius 1 is 1.31 bits per heavy atom. The molecule has 1 atom stereocenters. The highest BCUT2D eigenvalue weighted by molar-refractivity contribution is 5.89. The average molecular weight is 230 g/mol. The van der Waals surface area contributed by atoms with E-state index in [9.17, 15) is 18.7 Å². The molecular weight excluding hydrogens is 222 g/mol.